The standard InChI is InChI=1S/C26H26N4O2S/c1-17-18(2)28-29(4)25(31)22(17)24-27-19(3)23(33-24)26(32)30(15-20-11-7-5-8-12-20)16-21-13-9-6-10-14-21/h5-14H,15-16H2,1-4H3. The second kappa shape index (κ2) is 9.50. The van der Waals surface area contributed by atoms with Gasteiger partial charge in [-0.2, -0.15) is 5.10 Å². The Morgan fingerprint density at radius 1 is 0.909 bits per heavy atom. The topological polar surface area (TPSA) is 68.1 Å². The van der Waals surface area contributed by atoms with Gasteiger partial charge in [0.05, 0.1) is 17.0 Å². The molecule has 168 valence electrons. The summed E-state index contributed by atoms with van der Waals surface area (Å²) in [4.78, 5) is 33.6. The molecule has 0 saturated heterocycles. The summed E-state index contributed by atoms with van der Waals surface area (Å²) >= 11 is 1.27. The average Bonchev–Trinajstić information content (AvgIpc) is 3.19. The van der Waals surface area contributed by atoms with Crippen molar-refractivity contribution in [1.82, 2.24) is 19.7 Å². The van der Waals surface area contributed by atoms with Crippen LogP contribution in [0.2, 0.25) is 0 Å². The molecule has 0 saturated carbocycles. The van der Waals surface area contributed by atoms with Gasteiger partial charge in [0.25, 0.3) is 11.5 Å². The molecule has 0 N–H and O–H groups in total. The van der Waals surface area contributed by atoms with Gasteiger partial charge in [0.15, 0.2) is 0 Å². The van der Waals surface area contributed by atoms with Gasteiger partial charge in [-0.25, -0.2) is 9.67 Å². The first-order chi connectivity index (χ1) is 15.8. The van der Waals surface area contributed by atoms with Gasteiger partial charge in [-0.15, -0.1) is 11.3 Å². The number of hydrogen-bond acceptors (Lipinski definition) is 5. The van der Waals surface area contributed by atoms with Crippen molar-refractivity contribution in [1.29, 1.82) is 0 Å². The van der Waals surface area contributed by atoms with Gasteiger partial charge in [-0.05, 0) is 37.5 Å². The molecule has 4 aromatic rings. The van der Waals surface area contributed by atoms with Gasteiger partial charge in [0, 0.05) is 20.1 Å². The van der Waals surface area contributed by atoms with Gasteiger partial charge in [-0.1, -0.05) is 60.7 Å². The SMILES string of the molecule is Cc1nc(-c2c(C)c(C)nn(C)c2=O)sc1C(=O)N(Cc1ccccc1)Cc1ccccc1. The largest absolute Gasteiger partial charge is 0.329 e. The first-order valence-corrected chi connectivity index (χ1v) is 11.6. The van der Waals surface area contributed by atoms with Crippen LogP contribution in [0.5, 0.6) is 0 Å². The summed E-state index contributed by atoms with van der Waals surface area (Å²) in [6.07, 6.45) is 0. The number of thiazole rings is 1. The van der Waals surface area contributed by atoms with E-state index in [-0.39, 0.29) is 11.5 Å². The zero-order chi connectivity index (χ0) is 23.5. The summed E-state index contributed by atoms with van der Waals surface area (Å²) in [5, 5.41) is 4.81. The lowest BCUT2D eigenvalue weighted by Crippen LogP contribution is -2.30. The number of aromatic nitrogens is 3. The van der Waals surface area contributed by atoms with Crippen LogP contribution < -0.4 is 5.56 Å². The summed E-state index contributed by atoms with van der Waals surface area (Å²) in [5.74, 6) is -0.0933. The van der Waals surface area contributed by atoms with E-state index in [1.54, 1.807) is 7.05 Å². The zero-order valence-corrected chi connectivity index (χ0v) is 20.0. The number of carbonyl (C=O) groups excluding carboxylic acids is 1. The van der Waals surface area contributed by atoms with Crippen LogP contribution in [-0.4, -0.2) is 25.6 Å². The number of hydrogen-bond donors (Lipinski definition) is 0. The van der Waals surface area contributed by atoms with Crippen molar-refractivity contribution in [2.24, 2.45) is 7.05 Å². The molecular weight excluding hydrogens is 432 g/mol. The van der Waals surface area contributed by atoms with E-state index in [9.17, 15) is 9.59 Å². The Kier molecular flexibility index (Phi) is 6.51. The van der Waals surface area contributed by atoms with E-state index >= 15 is 0 Å². The summed E-state index contributed by atoms with van der Waals surface area (Å²) < 4.78 is 1.33. The molecule has 2 heterocycles. The number of aryl methyl sites for hydroxylation is 3. The van der Waals surface area contributed by atoms with Crippen LogP contribution >= 0.6 is 11.3 Å². The lowest BCUT2D eigenvalue weighted by molar-refractivity contribution is 0.0734. The third-order valence-electron chi connectivity index (χ3n) is 5.65. The van der Waals surface area contributed by atoms with E-state index in [0.717, 1.165) is 22.4 Å². The number of benzene rings is 2. The normalized spacial score (nSPS) is 10.9. The summed E-state index contributed by atoms with van der Waals surface area (Å²) in [6.45, 7) is 6.53. The lowest BCUT2D eigenvalue weighted by atomic mass is 10.1. The minimum atomic E-state index is -0.212. The fourth-order valence-corrected chi connectivity index (χ4v) is 4.88. The molecule has 1 amide bonds. The van der Waals surface area contributed by atoms with Crippen molar-refractivity contribution in [3.05, 3.63) is 104 Å². The Morgan fingerprint density at radius 2 is 1.45 bits per heavy atom. The van der Waals surface area contributed by atoms with Crippen molar-refractivity contribution < 1.29 is 4.79 Å². The van der Waals surface area contributed by atoms with Crippen molar-refractivity contribution in [2.45, 2.75) is 33.9 Å². The average molecular weight is 459 g/mol. The number of rotatable bonds is 6. The Hall–Kier alpha value is -3.58. The second-order valence-electron chi connectivity index (χ2n) is 8.08. The molecule has 2 aromatic heterocycles. The predicted molar refractivity (Wildman–Crippen MR) is 131 cm³/mol. The molecule has 4 rings (SSSR count). The molecule has 0 bridgehead atoms. The van der Waals surface area contributed by atoms with E-state index in [1.165, 1.54) is 16.0 Å². The van der Waals surface area contributed by atoms with Crippen LogP contribution in [0.1, 0.15) is 37.7 Å². The zero-order valence-electron chi connectivity index (χ0n) is 19.2. The third kappa shape index (κ3) is 4.78. The van der Waals surface area contributed by atoms with Crippen molar-refractivity contribution in [3.8, 4) is 10.6 Å². The van der Waals surface area contributed by atoms with Gasteiger partial charge in [0.1, 0.15) is 9.88 Å². The van der Waals surface area contributed by atoms with Crippen molar-refractivity contribution in [3.63, 3.8) is 0 Å². The van der Waals surface area contributed by atoms with E-state index in [1.807, 2.05) is 86.3 Å². The fraction of sp³-hybridized carbons (Fsp3) is 0.231. The molecule has 2 aromatic carbocycles. The highest BCUT2D eigenvalue weighted by molar-refractivity contribution is 7.17. The molecule has 7 heteroatoms. The lowest BCUT2D eigenvalue weighted by Gasteiger charge is -2.23. The van der Waals surface area contributed by atoms with Crippen molar-refractivity contribution in [2.75, 3.05) is 0 Å². The van der Waals surface area contributed by atoms with E-state index < -0.39 is 0 Å². The van der Waals surface area contributed by atoms with Crippen LogP contribution in [0.3, 0.4) is 0 Å². The molecule has 6 nitrogen and oxygen atoms in total. The van der Waals surface area contributed by atoms with Crippen molar-refractivity contribution >= 4 is 17.2 Å². The fourth-order valence-electron chi connectivity index (χ4n) is 3.75. The van der Waals surface area contributed by atoms with Crippen LogP contribution in [0.4, 0.5) is 0 Å². The van der Waals surface area contributed by atoms with E-state index in [4.69, 9.17) is 0 Å². The predicted octanol–water partition coefficient (Wildman–Crippen LogP) is 4.67. The number of amides is 1. The van der Waals surface area contributed by atoms with E-state index in [2.05, 4.69) is 10.1 Å². The minimum Gasteiger partial charge on any atom is -0.329 e. The molecule has 0 fully saturated rings. The van der Waals surface area contributed by atoms with Gasteiger partial charge in [-0.3, -0.25) is 9.59 Å². The van der Waals surface area contributed by atoms with Crippen LogP contribution in [-0.2, 0) is 20.1 Å². The molecule has 0 unspecified atom stereocenters. The third-order valence-corrected chi connectivity index (χ3v) is 6.81. The molecule has 0 aliphatic heterocycles. The highest BCUT2D eigenvalue weighted by atomic mass is 32.1. The molecular formula is C26H26N4O2S. The number of carbonyl (C=O) groups is 1. The van der Waals surface area contributed by atoms with Gasteiger partial charge in [0.2, 0.25) is 0 Å². The Labute approximate surface area is 197 Å². The van der Waals surface area contributed by atoms with E-state index in [0.29, 0.717) is 34.2 Å². The number of nitrogens with zero attached hydrogens (tertiary/aromatic N) is 4. The van der Waals surface area contributed by atoms with Gasteiger partial charge >= 0.3 is 0 Å². The highest BCUT2D eigenvalue weighted by Crippen LogP contribution is 2.30. The van der Waals surface area contributed by atoms with Crippen LogP contribution in [0, 0.1) is 20.8 Å². The highest BCUT2D eigenvalue weighted by Gasteiger charge is 2.25. The molecule has 0 atom stereocenters. The Bertz CT molecular complexity index is 1300. The summed E-state index contributed by atoms with van der Waals surface area (Å²) in [7, 11) is 1.63. The molecule has 0 radical (unpaired) electrons. The van der Waals surface area contributed by atoms with Gasteiger partial charge < -0.3 is 4.90 Å². The first-order valence-electron chi connectivity index (χ1n) is 10.7. The second-order valence-corrected chi connectivity index (χ2v) is 9.08. The Balaban J connectivity index is 1.73. The maximum atomic E-state index is 13.7. The van der Waals surface area contributed by atoms with Crippen LogP contribution in [0.25, 0.3) is 10.6 Å². The smallest absolute Gasteiger partial charge is 0.277 e. The van der Waals surface area contributed by atoms with Crippen LogP contribution in [0.15, 0.2) is 65.5 Å². The monoisotopic (exact) mass is 458 g/mol. The Morgan fingerprint density at radius 3 is 2.00 bits per heavy atom. The summed E-state index contributed by atoms with van der Waals surface area (Å²) in [5.41, 5.74) is 4.59. The maximum Gasteiger partial charge on any atom is 0.277 e. The summed E-state index contributed by atoms with van der Waals surface area (Å²) in [6, 6.07) is 19.9. The molecule has 0 aliphatic rings. The molecule has 0 aliphatic carbocycles. The maximum absolute atomic E-state index is 13.7. The minimum absolute atomic E-state index is 0.0933. The first kappa shape index (κ1) is 22.6. The molecule has 0 spiro atoms. The molecule has 33 heavy (non-hydrogen) atoms. The quantitative estimate of drug-likeness (QED) is 0.421.